The van der Waals surface area contributed by atoms with Crippen LogP contribution in [-0.4, -0.2) is 24.1 Å². The SMILES string of the molecule is CC1(CNCCc2cscn2)CCCC1N. The van der Waals surface area contributed by atoms with E-state index in [1.165, 1.54) is 25.0 Å². The molecular weight excluding hydrogens is 218 g/mol. The van der Waals surface area contributed by atoms with Gasteiger partial charge in [-0.2, -0.15) is 0 Å². The molecule has 1 heterocycles. The minimum Gasteiger partial charge on any atom is -0.327 e. The largest absolute Gasteiger partial charge is 0.327 e. The number of nitrogens with one attached hydrogen (secondary N) is 1. The van der Waals surface area contributed by atoms with Crippen LogP contribution in [-0.2, 0) is 6.42 Å². The normalized spacial score (nSPS) is 29.8. The fourth-order valence-corrected chi connectivity index (χ4v) is 3.02. The van der Waals surface area contributed by atoms with Crippen LogP contribution in [0.15, 0.2) is 10.9 Å². The van der Waals surface area contributed by atoms with Crippen LogP contribution in [0.2, 0.25) is 0 Å². The molecule has 1 aromatic heterocycles. The fraction of sp³-hybridized carbons (Fsp3) is 0.750. The summed E-state index contributed by atoms with van der Waals surface area (Å²) in [5.74, 6) is 0. The van der Waals surface area contributed by atoms with Crippen LogP contribution >= 0.6 is 11.3 Å². The molecule has 3 N–H and O–H groups in total. The maximum absolute atomic E-state index is 6.14. The molecule has 0 saturated heterocycles. The van der Waals surface area contributed by atoms with Crippen molar-refractivity contribution in [2.75, 3.05) is 13.1 Å². The average molecular weight is 239 g/mol. The molecule has 16 heavy (non-hydrogen) atoms. The molecule has 2 atom stereocenters. The van der Waals surface area contributed by atoms with Gasteiger partial charge < -0.3 is 11.1 Å². The number of aromatic nitrogens is 1. The van der Waals surface area contributed by atoms with Crippen molar-refractivity contribution in [2.24, 2.45) is 11.1 Å². The molecule has 0 radical (unpaired) electrons. The third-order valence-electron chi connectivity index (χ3n) is 3.73. The monoisotopic (exact) mass is 239 g/mol. The summed E-state index contributed by atoms with van der Waals surface area (Å²) in [6.07, 6.45) is 4.75. The van der Waals surface area contributed by atoms with E-state index in [1.807, 2.05) is 5.51 Å². The van der Waals surface area contributed by atoms with Gasteiger partial charge in [0.05, 0.1) is 11.2 Å². The summed E-state index contributed by atoms with van der Waals surface area (Å²) in [7, 11) is 0. The Bertz CT molecular complexity index is 312. The molecule has 1 fully saturated rings. The van der Waals surface area contributed by atoms with Gasteiger partial charge in [-0.1, -0.05) is 13.3 Å². The number of rotatable bonds is 5. The minimum atomic E-state index is 0.308. The molecule has 2 rings (SSSR count). The Morgan fingerprint density at radius 1 is 1.69 bits per heavy atom. The maximum Gasteiger partial charge on any atom is 0.0794 e. The molecule has 1 aromatic rings. The topological polar surface area (TPSA) is 50.9 Å². The van der Waals surface area contributed by atoms with Gasteiger partial charge in [-0.25, -0.2) is 4.98 Å². The molecule has 1 aliphatic rings. The zero-order chi connectivity index (χ0) is 11.4. The van der Waals surface area contributed by atoms with E-state index < -0.39 is 0 Å². The van der Waals surface area contributed by atoms with Gasteiger partial charge in [0.25, 0.3) is 0 Å². The molecule has 1 aliphatic carbocycles. The highest BCUT2D eigenvalue weighted by Crippen LogP contribution is 2.35. The average Bonchev–Trinajstić information content (AvgIpc) is 2.86. The summed E-state index contributed by atoms with van der Waals surface area (Å²) in [5, 5.41) is 5.64. The van der Waals surface area contributed by atoms with Gasteiger partial charge in [0.15, 0.2) is 0 Å². The number of hydrogen-bond donors (Lipinski definition) is 2. The number of hydrogen-bond acceptors (Lipinski definition) is 4. The van der Waals surface area contributed by atoms with Crippen molar-refractivity contribution < 1.29 is 0 Å². The van der Waals surface area contributed by atoms with Crippen LogP contribution < -0.4 is 11.1 Å². The minimum absolute atomic E-state index is 0.308. The van der Waals surface area contributed by atoms with Gasteiger partial charge in [0, 0.05) is 30.9 Å². The van der Waals surface area contributed by atoms with Gasteiger partial charge in [-0.15, -0.1) is 11.3 Å². The summed E-state index contributed by atoms with van der Waals surface area (Å²) in [6, 6.07) is 0.374. The Labute approximate surface area is 101 Å². The third-order valence-corrected chi connectivity index (χ3v) is 4.36. The maximum atomic E-state index is 6.14. The zero-order valence-corrected chi connectivity index (χ0v) is 10.7. The van der Waals surface area contributed by atoms with Crippen LogP contribution in [0.5, 0.6) is 0 Å². The molecule has 0 bridgehead atoms. The van der Waals surface area contributed by atoms with E-state index in [9.17, 15) is 0 Å². The molecule has 0 aromatic carbocycles. The molecule has 4 heteroatoms. The van der Waals surface area contributed by atoms with E-state index in [-0.39, 0.29) is 0 Å². The quantitative estimate of drug-likeness (QED) is 0.770. The van der Waals surface area contributed by atoms with E-state index in [2.05, 4.69) is 22.6 Å². The van der Waals surface area contributed by atoms with Gasteiger partial charge in [0.1, 0.15) is 0 Å². The van der Waals surface area contributed by atoms with Crippen LogP contribution in [0.4, 0.5) is 0 Å². The zero-order valence-electron chi connectivity index (χ0n) is 9.91. The standard InChI is InChI=1S/C12H21N3S/c1-12(5-2-3-11(12)13)8-14-6-4-10-7-16-9-15-10/h7,9,11,14H,2-6,8,13H2,1H3. The lowest BCUT2D eigenvalue weighted by Gasteiger charge is -2.29. The highest BCUT2D eigenvalue weighted by molar-refractivity contribution is 7.07. The molecule has 1 saturated carbocycles. The second kappa shape index (κ2) is 5.25. The molecule has 0 aliphatic heterocycles. The molecular formula is C12H21N3S. The first kappa shape index (κ1) is 12.0. The van der Waals surface area contributed by atoms with Crippen LogP contribution in [0.25, 0.3) is 0 Å². The van der Waals surface area contributed by atoms with E-state index in [0.29, 0.717) is 11.5 Å². The molecule has 3 nitrogen and oxygen atoms in total. The van der Waals surface area contributed by atoms with Gasteiger partial charge in [-0.05, 0) is 18.3 Å². The van der Waals surface area contributed by atoms with E-state index in [4.69, 9.17) is 5.73 Å². The Morgan fingerprint density at radius 2 is 2.56 bits per heavy atom. The Balaban J connectivity index is 1.68. The van der Waals surface area contributed by atoms with Gasteiger partial charge in [-0.3, -0.25) is 0 Å². The van der Waals surface area contributed by atoms with Gasteiger partial charge in [0.2, 0.25) is 0 Å². The first-order valence-corrected chi connectivity index (χ1v) is 6.98. The second-order valence-electron chi connectivity index (χ2n) is 5.06. The first-order valence-electron chi connectivity index (χ1n) is 6.04. The Hall–Kier alpha value is -0.450. The smallest absolute Gasteiger partial charge is 0.0794 e. The van der Waals surface area contributed by atoms with Crippen molar-refractivity contribution in [1.82, 2.24) is 10.3 Å². The summed E-state index contributed by atoms with van der Waals surface area (Å²) >= 11 is 1.66. The van der Waals surface area contributed by atoms with Crippen molar-refractivity contribution in [3.05, 3.63) is 16.6 Å². The lowest BCUT2D eigenvalue weighted by atomic mass is 9.85. The Kier molecular flexibility index (Phi) is 3.95. The number of nitrogens with zero attached hydrogens (tertiary/aromatic N) is 1. The summed E-state index contributed by atoms with van der Waals surface area (Å²) in [6.45, 7) is 4.35. The molecule has 0 spiro atoms. The van der Waals surface area contributed by atoms with Crippen molar-refractivity contribution in [3.8, 4) is 0 Å². The predicted molar refractivity (Wildman–Crippen MR) is 68.6 cm³/mol. The number of thiazole rings is 1. The van der Waals surface area contributed by atoms with Crippen LogP contribution in [0, 0.1) is 5.41 Å². The van der Waals surface area contributed by atoms with Crippen LogP contribution in [0.3, 0.4) is 0 Å². The van der Waals surface area contributed by atoms with E-state index >= 15 is 0 Å². The predicted octanol–water partition coefficient (Wildman–Crippen LogP) is 1.79. The van der Waals surface area contributed by atoms with Gasteiger partial charge >= 0.3 is 0 Å². The first-order chi connectivity index (χ1) is 7.71. The summed E-state index contributed by atoms with van der Waals surface area (Å²) in [5.41, 5.74) is 9.53. The molecule has 90 valence electrons. The molecule has 2 unspecified atom stereocenters. The lowest BCUT2D eigenvalue weighted by Crippen LogP contribution is -2.42. The van der Waals surface area contributed by atoms with Crippen LogP contribution in [0.1, 0.15) is 31.9 Å². The van der Waals surface area contributed by atoms with E-state index in [1.54, 1.807) is 11.3 Å². The summed E-state index contributed by atoms with van der Waals surface area (Å²) in [4.78, 5) is 4.27. The molecule has 0 amide bonds. The highest BCUT2D eigenvalue weighted by Gasteiger charge is 2.35. The summed E-state index contributed by atoms with van der Waals surface area (Å²) < 4.78 is 0. The van der Waals surface area contributed by atoms with E-state index in [0.717, 1.165) is 19.5 Å². The highest BCUT2D eigenvalue weighted by atomic mass is 32.1. The Morgan fingerprint density at radius 3 is 3.19 bits per heavy atom. The van der Waals surface area contributed by atoms with Crippen molar-refractivity contribution >= 4 is 11.3 Å². The van der Waals surface area contributed by atoms with Crippen molar-refractivity contribution in [1.29, 1.82) is 0 Å². The van der Waals surface area contributed by atoms with Crippen molar-refractivity contribution in [3.63, 3.8) is 0 Å². The third kappa shape index (κ3) is 2.81. The van der Waals surface area contributed by atoms with Crippen molar-refractivity contribution in [2.45, 2.75) is 38.6 Å². The second-order valence-corrected chi connectivity index (χ2v) is 5.78. The fourth-order valence-electron chi connectivity index (χ4n) is 2.43. The lowest BCUT2D eigenvalue weighted by molar-refractivity contribution is 0.279. The number of nitrogens with two attached hydrogens (primary N) is 1.